The standard InChI is InChI=1S/C20H22FN5O5/c1-3-30-19(27)5-4-10-31-17-7-6-15(21)11-14(17)13-24(2)18-8-9-25-20(23-18)16(12-22-25)26(28)29/h6-9,11-12H,3-5,10,13H2,1-2H3. The second-order valence-corrected chi connectivity index (χ2v) is 6.71. The summed E-state index contributed by atoms with van der Waals surface area (Å²) in [5.41, 5.74) is 0.485. The van der Waals surface area contributed by atoms with E-state index in [1.165, 1.54) is 22.7 Å². The van der Waals surface area contributed by atoms with E-state index in [9.17, 15) is 19.3 Å². The molecule has 3 aromatic rings. The van der Waals surface area contributed by atoms with Gasteiger partial charge < -0.3 is 14.4 Å². The first-order chi connectivity index (χ1) is 14.9. The molecular formula is C20H22FN5O5. The van der Waals surface area contributed by atoms with Crippen molar-refractivity contribution in [2.45, 2.75) is 26.3 Å². The summed E-state index contributed by atoms with van der Waals surface area (Å²) in [6, 6.07) is 5.84. The quantitative estimate of drug-likeness (QED) is 0.208. The maximum Gasteiger partial charge on any atom is 0.333 e. The lowest BCUT2D eigenvalue weighted by atomic mass is 10.2. The van der Waals surface area contributed by atoms with Crippen LogP contribution in [0, 0.1) is 15.9 Å². The van der Waals surface area contributed by atoms with Crippen molar-refractivity contribution in [2.24, 2.45) is 0 Å². The molecule has 0 atom stereocenters. The molecule has 0 aliphatic heterocycles. The first kappa shape index (κ1) is 21.9. The minimum Gasteiger partial charge on any atom is -0.493 e. The summed E-state index contributed by atoms with van der Waals surface area (Å²) in [5, 5.41) is 15.1. The minimum absolute atomic E-state index is 0.115. The normalized spacial score (nSPS) is 10.8. The SMILES string of the molecule is CCOC(=O)CCCOc1ccc(F)cc1CN(C)c1ccn2ncc([N+](=O)[O-])c2n1. The number of nitro groups is 1. The number of carbonyl (C=O) groups is 1. The molecule has 31 heavy (non-hydrogen) atoms. The van der Waals surface area contributed by atoms with E-state index in [1.807, 2.05) is 0 Å². The Kier molecular flexibility index (Phi) is 6.96. The fourth-order valence-corrected chi connectivity index (χ4v) is 2.97. The first-order valence-electron chi connectivity index (χ1n) is 9.65. The second-order valence-electron chi connectivity index (χ2n) is 6.71. The number of benzene rings is 1. The third-order valence-electron chi connectivity index (χ3n) is 4.44. The largest absolute Gasteiger partial charge is 0.493 e. The zero-order chi connectivity index (χ0) is 22.4. The minimum atomic E-state index is -0.548. The lowest BCUT2D eigenvalue weighted by Gasteiger charge is -2.20. The molecule has 0 saturated carbocycles. The van der Waals surface area contributed by atoms with Crippen LogP contribution >= 0.6 is 0 Å². The molecule has 11 heteroatoms. The fraction of sp³-hybridized carbons (Fsp3) is 0.350. The molecule has 0 radical (unpaired) electrons. The van der Waals surface area contributed by atoms with Gasteiger partial charge in [0.1, 0.15) is 23.6 Å². The Hall–Kier alpha value is -3.76. The topological polar surface area (TPSA) is 112 Å². The average Bonchev–Trinajstić information content (AvgIpc) is 3.16. The average molecular weight is 431 g/mol. The summed E-state index contributed by atoms with van der Waals surface area (Å²) in [7, 11) is 1.73. The monoisotopic (exact) mass is 431 g/mol. The van der Waals surface area contributed by atoms with Crippen molar-refractivity contribution in [3.8, 4) is 5.75 Å². The summed E-state index contributed by atoms with van der Waals surface area (Å²) in [6.07, 6.45) is 3.41. The molecule has 0 aliphatic carbocycles. The van der Waals surface area contributed by atoms with Crippen LogP contribution in [0.3, 0.4) is 0 Å². The van der Waals surface area contributed by atoms with Crippen LogP contribution in [0.4, 0.5) is 15.9 Å². The van der Waals surface area contributed by atoms with Gasteiger partial charge in [-0.3, -0.25) is 14.9 Å². The highest BCUT2D eigenvalue weighted by atomic mass is 19.1. The molecule has 2 heterocycles. The molecule has 2 aromatic heterocycles. The van der Waals surface area contributed by atoms with Gasteiger partial charge in [-0.15, -0.1) is 0 Å². The van der Waals surface area contributed by atoms with Crippen molar-refractivity contribution < 1.29 is 23.6 Å². The second kappa shape index (κ2) is 9.83. The highest BCUT2D eigenvalue weighted by molar-refractivity contribution is 5.69. The molecule has 0 amide bonds. The maximum atomic E-state index is 13.8. The van der Waals surface area contributed by atoms with E-state index in [1.54, 1.807) is 31.1 Å². The van der Waals surface area contributed by atoms with Crippen LogP contribution in [0.2, 0.25) is 0 Å². The molecule has 10 nitrogen and oxygen atoms in total. The van der Waals surface area contributed by atoms with Crippen LogP contribution in [-0.2, 0) is 16.1 Å². The number of anilines is 1. The van der Waals surface area contributed by atoms with Gasteiger partial charge in [0.15, 0.2) is 0 Å². The first-order valence-corrected chi connectivity index (χ1v) is 9.65. The Morgan fingerprint density at radius 2 is 2.16 bits per heavy atom. The number of esters is 1. The van der Waals surface area contributed by atoms with E-state index in [2.05, 4.69) is 10.1 Å². The van der Waals surface area contributed by atoms with Gasteiger partial charge in [-0.05, 0) is 37.6 Å². The van der Waals surface area contributed by atoms with Gasteiger partial charge in [-0.1, -0.05) is 0 Å². The van der Waals surface area contributed by atoms with Crippen molar-refractivity contribution >= 4 is 23.1 Å². The third kappa shape index (κ3) is 5.44. The maximum absolute atomic E-state index is 13.8. The highest BCUT2D eigenvalue weighted by Gasteiger charge is 2.18. The number of hydrogen-bond acceptors (Lipinski definition) is 8. The summed E-state index contributed by atoms with van der Waals surface area (Å²) in [6.45, 7) is 2.59. The molecule has 0 aliphatic rings. The molecule has 0 spiro atoms. The smallest absolute Gasteiger partial charge is 0.333 e. The fourth-order valence-electron chi connectivity index (χ4n) is 2.97. The van der Waals surface area contributed by atoms with Crippen molar-refractivity contribution in [2.75, 3.05) is 25.2 Å². The van der Waals surface area contributed by atoms with Gasteiger partial charge in [0.25, 0.3) is 0 Å². The van der Waals surface area contributed by atoms with E-state index < -0.39 is 10.7 Å². The van der Waals surface area contributed by atoms with Crippen molar-refractivity contribution in [1.29, 1.82) is 0 Å². The van der Waals surface area contributed by atoms with Gasteiger partial charge >= 0.3 is 11.7 Å². The Balaban J connectivity index is 1.72. The van der Waals surface area contributed by atoms with E-state index in [4.69, 9.17) is 9.47 Å². The lowest BCUT2D eigenvalue weighted by Crippen LogP contribution is -2.19. The molecule has 0 bridgehead atoms. The number of ether oxygens (including phenoxy) is 2. The molecule has 164 valence electrons. The molecular weight excluding hydrogens is 409 g/mol. The van der Waals surface area contributed by atoms with Gasteiger partial charge in [0.05, 0.1) is 18.1 Å². The Labute approximate surface area is 177 Å². The number of fused-ring (bicyclic) bond motifs is 1. The molecule has 0 saturated heterocycles. The molecule has 1 aromatic carbocycles. The van der Waals surface area contributed by atoms with Crippen molar-refractivity contribution in [3.63, 3.8) is 0 Å². The van der Waals surface area contributed by atoms with Crippen LogP contribution in [0.5, 0.6) is 5.75 Å². The predicted octanol–water partition coefficient (Wildman–Crippen LogP) is 3.14. The summed E-state index contributed by atoms with van der Waals surface area (Å²) in [4.78, 5) is 28.1. The van der Waals surface area contributed by atoms with Crippen LogP contribution < -0.4 is 9.64 Å². The Bertz CT molecular complexity index is 1090. The Morgan fingerprint density at radius 3 is 2.90 bits per heavy atom. The number of hydrogen-bond donors (Lipinski definition) is 0. The summed E-state index contributed by atoms with van der Waals surface area (Å²) < 4.78 is 25.8. The highest BCUT2D eigenvalue weighted by Crippen LogP contribution is 2.25. The number of nitrogens with zero attached hydrogens (tertiary/aromatic N) is 5. The molecule has 3 rings (SSSR count). The van der Waals surface area contributed by atoms with E-state index in [0.29, 0.717) is 30.2 Å². The van der Waals surface area contributed by atoms with Gasteiger partial charge in [-0.25, -0.2) is 13.9 Å². The van der Waals surface area contributed by atoms with E-state index in [0.717, 1.165) is 6.20 Å². The van der Waals surface area contributed by atoms with E-state index in [-0.39, 0.29) is 36.9 Å². The summed E-state index contributed by atoms with van der Waals surface area (Å²) in [5.74, 6) is 0.222. The van der Waals surface area contributed by atoms with Crippen LogP contribution in [0.1, 0.15) is 25.3 Å². The molecule has 0 fully saturated rings. The van der Waals surface area contributed by atoms with E-state index >= 15 is 0 Å². The van der Waals surface area contributed by atoms with Crippen LogP contribution in [0.25, 0.3) is 5.65 Å². The van der Waals surface area contributed by atoms with Crippen molar-refractivity contribution in [1.82, 2.24) is 14.6 Å². The lowest BCUT2D eigenvalue weighted by molar-refractivity contribution is -0.383. The Morgan fingerprint density at radius 1 is 1.35 bits per heavy atom. The molecule has 0 N–H and O–H groups in total. The number of halogens is 1. The van der Waals surface area contributed by atoms with Crippen molar-refractivity contribution in [3.05, 3.63) is 58.2 Å². The van der Waals surface area contributed by atoms with Gasteiger partial charge in [0, 0.05) is 31.8 Å². The third-order valence-corrected chi connectivity index (χ3v) is 4.44. The number of carbonyl (C=O) groups excluding carboxylic acids is 1. The van der Waals surface area contributed by atoms with Crippen LogP contribution in [0.15, 0.2) is 36.7 Å². The number of rotatable bonds is 10. The van der Waals surface area contributed by atoms with Gasteiger partial charge in [-0.2, -0.15) is 5.10 Å². The van der Waals surface area contributed by atoms with Gasteiger partial charge in [0.2, 0.25) is 5.65 Å². The summed E-state index contributed by atoms with van der Waals surface area (Å²) >= 11 is 0. The predicted molar refractivity (Wildman–Crippen MR) is 110 cm³/mol. The number of aromatic nitrogens is 3. The van der Waals surface area contributed by atoms with Crippen LogP contribution in [-0.4, -0.2) is 45.8 Å². The molecule has 0 unspecified atom stereocenters. The zero-order valence-corrected chi connectivity index (χ0v) is 17.2. The zero-order valence-electron chi connectivity index (χ0n) is 17.2.